The van der Waals surface area contributed by atoms with Crippen molar-refractivity contribution in [1.82, 2.24) is 9.80 Å². The van der Waals surface area contributed by atoms with Gasteiger partial charge < -0.3 is 19.8 Å². The predicted molar refractivity (Wildman–Crippen MR) is 119 cm³/mol. The lowest BCUT2D eigenvalue weighted by molar-refractivity contribution is -0.113. The normalized spacial score (nSPS) is 13.2. The van der Waals surface area contributed by atoms with E-state index in [4.69, 9.17) is 11.6 Å². The minimum Gasteiger partial charge on any atom is -0.507 e. The fraction of sp³-hybridized carbons (Fsp3) is 0.304. The molecule has 2 aromatic carbocycles. The van der Waals surface area contributed by atoms with Gasteiger partial charge in [-0.15, -0.1) is 0 Å². The zero-order chi connectivity index (χ0) is 22.0. The number of benzene rings is 2. The monoisotopic (exact) mass is 427 g/mol. The number of aromatic hydroxyl groups is 1. The average molecular weight is 428 g/mol. The van der Waals surface area contributed by atoms with E-state index < -0.39 is 0 Å². The highest BCUT2D eigenvalue weighted by molar-refractivity contribution is 6.32. The maximum Gasteiger partial charge on any atom is 0.258 e. The minimum atomic E-state index is -0.283. The van der Waals surface area contributed by atoms with Crippen LogP contribution in [-0.2, 0) is 17.9 Å². The van der Waals surface area contributed by atoms with E-state index in [1.807, 2.05) is 43.3 Å². The van der Waals surface area contributed by atoms with Crippen LogP contribution in [0.25, 0.3) is 0 Å². The van der Waals surface area contributed by atoms with Crippen LogP contribution in [0.2, 0.25) is 5.02 Å². The molecule has 0 aromatic heterocycles. The second kappa shape index (κ2) is 8.90. The van der Waals surface area contributed by atoms with Crippen LogP contribution in [0.5, 0.6) is 5.75 Å². The second-order valence-corrected chi connectivity index (χ2v) is 8.11. The van der Waals surface area contributed by atoms with Gasteiger partial charge in [-0.3, -0.25) is 9.59 Å². The van der Waals surface area contributed by atoms with E-state index in [0.29, 0.717) is 30.2 Å². The molecule has 0 spiro atoms. The molecule has 1 aliphatic rings. The summed E-state index contributed by atoms with van der Waals surface area (Å²) in [4.78, 5) is 31.0. The Balaban J connectivity index is 1.84. The van der Waals surface area contributed by atoms with Crippen LogP contribution >= 0.6 is 11.6 Å². The molecule has 7 heteroatoms. The van der Waals surface area contributed by atoms with E-state index in [1.54, 1.807) is 35.9 Å². The summed E-state index contributed by atoms with van der Waals surface area (Å²) in [7, 11) is 5.61. The van der Waals surface area contributed by atoms with Gasteiger partial charge in [0.1, 0.15) is 5.75 Å². The number of hydrogen-bond acceptors (Lipinski definition) is 4. The van der Waals surface area contributed by atoms with Gasteiger partial charge in [-0.05, 0) is 50.3 Å². The van der Waals surface area contributed by atoms with Gasteiger partial charge in [0.15, 0.2) is 0 Å². The minimum absolute atomic E-state index is 0.0867. The number of likely N-dealkylation sites (N-methyl/N-ethyl adjacent to an activating group) is 2. The summed E-state index contributed by atoms with van der Waals surface area (Å²) in [6.07, 6.45) is 3.38. The number of carbonyl (C=O) groups excluding carboxylic acids is 2. The van der Waals surface area contributed by atoms with Crippen molar-refractivity contribution in [3.05, 3.63) is 69.8 Å². The van der Waals surface area contributed by atoms with Crippen molar-refractivity contribution in [2.45, 2.75) is 20.0 Å². The molecule has 0 fully saturated rings. The Bertz CT molecular complexity index is 1020. The summed E-state index contributed by atoms with van der Waals surface area (Å²) in [5.74, 6) is -0.496. The Kier molecular flexibility index (Phi) is 6.48. The van der Waals surface area contributed by atoms with Crippen molar-refractivity contribution >= 4 is 29.1 Å². The standard InChI is InChI=1S/C23H26ClN3O3/c1-15-18(24)10-11-20(28)22(15)23(30)27-13-16-7-5-8-19(17(16)14-27)26(4)21(29)9-6-12-25(2)3/h5-11,28H,12-14H2,1-4H3/b9-6+. The molecular weight excluding hydrogens is 402 g/mol. The van der Waals surface area contributed by atoms with Crippen LogP contribution in [0.15, 0.2) is 42.5 Å². The van der Waals surface area contributed by atoms with Gasteiger partial charge in [0.05, 0.1) is 5.56 Å². The van der Waals surface area contributed by atoms with Gasteiger partial charge >= 0.3 is 0 Å². The molecule has 0 aliphatic carbocycles. The number of rotatable bonds is 5. The van der Waals surface area contributed by atoms with Crippen LogP contribution in [-0.4, -0.2) is 54.4 Å². The van der Waals surface area contributed by atoms with Gasteiger partial charge in [0, 0.05) is 49.0 Å². The molecule has 0 unspecified atom stereocenters. The lowest BCUT2D eigenvalue weighted by atomic mass is 10.1. The summed E-state index contributed by atoms with van der Waals surface area (Å²) in [6, 6.07) is 8.73. The molecule has 1 aliphatic heterocycles. The van der Waals surface area contributed by atoms with E-state index in [9.17, 15) is 14.7 Å². The molecule has 0 bridgehead atoms. The highest BCUT2D eigenvalue weighted by atomic mass is 35.5. The van der Waals surface area contributed by atoms with Gasteiger partial charge in [-0.25, -0.2) is 0 Å². The number of nitrogens with zero attached hydrogens (tertiary/aromatic N) is 3. The fourth-order valence-electron chi connectivity index (χ4n) is 3.56. The van der Waals surface area contributed by atoms with Gasteiger partial charge in [-0.2, -0.15) is 0 Å². The molecule has 0 saturated heterocycles. The first-order chi connectivity index (χ1) is 14.2. The zero-order valence-electron chi connectivity index (χ0n) is 17.6. The zero-order valence-corrected chi connectivity index (χ0v) is 18.4. The van der Waals surface area contributed by atoms with Gasteiger partial charge in [0.2, 0.25) is 5.91 Å². The van der Waals surface area contributed by atoms with E-state index >= 15 is 0 Å². The number of fused-ring (bicyclic) bond motifs is 1. The third kappa shape index (κ3) is 4.35. The highest BCUT2D eigenvalue weighted by Crippen LogP contribution is 2.35. The fourth-order valence-corrected chi connectivity index (χ4v) is 3.71. The van der Waals surface area contributed by atoms with Crippen molar-refractivity contribution in [3.8, 4) is 5.75 Å². The second-order valence-electron chi connectivity index (χ2n) is 7.70. The van der Waals surface area contributed by atoms with Crippen LogP contribution < -0.4 is 4.90 Å². The Hall–Kier alpha value is -2.83. The van der Waals surface area contributed by atoms with Crippen molar-refractivity contribution in [2.75, 3.05) is 32.6 Å². The molecule has 1 heterocycles. The molecule has 2 amide bonds. The van der Waals surface area contributed by atoms with Gasteiger partial charge in [-0.1, -0.05) is 29.8 Å². The van der Waals surface area contributed by atoms with Crippen LogP contribution in [0.1, 0.15) is 27.0 Å². The molecular formula is C23H26ClN3O3. The van der Waals surface area contributed by atoms with Crippen LogP contribution in [0, 0.1) is 6.92 Å². The molecule has 6 nitrogen and oxygen atoms in total. The summed E-state index contributed by atoms with van der Waals surface area (Å²) in [5.41, 5.74) is 3.46. The summed E-state index contributed by atoms with van der Waals surface area (Å²) < 4.78 is 0. The number of anilines is 1. The number of carbonyl (C=O) groups is 2. The van der Waals surface area contributed by atoms with Crippen molar-refractivity contribution < 1.29 is 14.7 Å². The third-order valence-electron chi connectivity index (χ3n) is 5.26. The Labute approximate surface area is 182 Å². The quantitative estimate of drug-likeness (QED) is 0.740. The largest absolute Gasteiger partial charge is 0.507 e. The maximum atomic E-state index is 13.1. The third-order valence-corrected chi connectivity index (χ3v) is 5.67. The SMILES string of the molecule is Cc1c(Cl)ccc(O)c1C(=O)N1Cc2cccc(N(C)C(=O)/C=C/CN(C)C)c2C1. The van der Waals surface area contributed by atoms with Crippen molar-refractivity contribution in [2.24, 2.45) is 0 Å². The number of phenols is 1. The summed E-state index contributed by atoms with van der Waals surface area (Å²) >= 11 is 6.15. The van der Waals surface area contributed by atoms with E-state index in [-0.39, 0.29) is 23.1 Å². The first-order valence-electron chi connectivity index (χ1n) is 9.67. The van der Waals surface area contributed by atoms with Crippen LogP contribution in [0.3, 0.4) is 0 Å². The number of phenolic OH excluding ortho intramolecular Hbond substituents is 1. The maximum absolute atomic E-state index is 13.1. The lowest BCUT2D eigenvalue weighted by Crippen LogP contribution is -2.27. The molecule has 0 saturated carbocycles. The van der Waals surface area contributed by atoms with Crippen LogP contribution in [0.4, 0.5) is 5.69 Å². The number of halogens is 1. The first kappa shape index (κ1) is 21.9. The molecule has 158 valence electrons. The molecule has 3 rings (SSSR count). The summed E-state index contributed by atoms with van der Waals surface area (Å²) in [5, 5.41) is 10.7. The number of amides is 2. The van der Waals surface area contributed by atoms with Gasteiger partial charge in [0.25, 0.3) is 5.91 Å². The van der Waals surface area contributed by atoms with Crippen molar-refractivity contribution in [1.29, 1.82) is 0 Å². The van der Waals surface area contributed by atoms with E-state index in [2.05, 4.69) is 0 Å². The number of hydrogen-bond donors (Lipinski definition) is 1. The smallest absolute Gasteiger partial charge is 0.258 e. The molecule has 30 heavy (non-hydrogen) atoms. The van der Waals surface area contributed by atoms with E-state index in [1.165, 1.54) is 6.07 Å². The average Bonchev–Trinajstić information content (AvgIpc) is 3.14. The molecule has 2 aromatic rings. The Morgan fingerprint density at radius 1 is 1.17 bits per heavy atom. The highest BCUT2D eigenvalue weighted by Gasteiger charge is 2.30. The van der Waals surface area contributed by atoms with Crippen molar-refractivity contribution in [3.63, 3.8) is 0 Å². The Morgan fingerprint density at radius 2 is 1.90 bits per heavy atom. The first-order valence-corrected chi connectivity index (χ1v) is 10.1. The predicted octanol–water partition coefficient (Wildman–Crippen LogP) is 3.59. The van der Waals surface area contributed by atoms with E-state index in [0.717, 1.165) is 16.8 Å². The molecule has 1 N–H and O–H groups in total. The Morgan fingerprint density at radius 3 is 2.60 bits per heavy atom. The lowest BCUT2D eigenvalue weighted by Gasteiger charge is -2.20. The summed E-state index contributed by atoms with van der Waals surface area (Å²) in [6.45, 7) is 3.16. The topological polar surface area (TPSA) is 64.1 Å². The molecule has 0 atom stereocenters. The molecule has 0 radical (unpaired) electrons.